The van der Waals surface area contributed by atoms with Gasteiger partial charge in [-0.1, -0.05) is 0 Å². The van der Waals surface area contributed by atoms with Crippen LogP contribution < -0.4 is 10.6 Å². The first-order chi connectivity index (χ1) is 10.5. The van der Waals surface area contributed by atoms with Gasteiger partial charge in [0.2, 0.25) is 5.91 Å². The number of anilines is 1. The summed E-state index contributed by atoms with van der Waals surface area (Å²) in [6.07, 6.45) is 1.72. The van der Waals surface area contributed by atoms with Crippen LogP contribution in [0.4, 0.5) is 5.69 Å². The zero-order valence-corrected chi connectivity index (χ0v) is 12.1. The number of carboxylic acids is 1. The van der Waals surface area contributed by atoms with Crippen molar-refractivity contribution < 1.29 is 24.5 Å². The fraction of sp³-hybridized carbons (Fsp3) is 0.467. The van der Waals surface area contributed by atoms with Gasteiger partial charge in [0.1, 0.15) is 11.8 Å². The Morgan fingerprint density at radius 1 is 1.32 bits per heavy atom. The third kappa shape index (κ3) is 5.01. The van der Waals surface area contributed by atoms with Crippen LogP contribution >= 0.6 is 0 Å². The van der Waals surface area contributed by atoms with Gasteiger partial charge in [-0.15, -0.1) is 0 Å². The minimum atomic E-state index is -1.07. The normalized spacial score (nSPS) is 18.8. The van der Waals surface area contributed by atoms with E-state index in [-0.39, 0.29) is 18.3 Å². The number of hydrogen-bond acceptors (Lipinski definition) is 5. The molecule has 0 aromatic heterocycles. The molecule has 4 N–H and O–H groups in total. The Labute approximate surface area is 128 Å². The lowest BCUT2D eigenvalue weighted by Gasteiger charge is -2.17. The molecule has 2 rings (SSSR count). The number of phenolic OH excluding ortho intramolecular Hbond substituents is 1. The first-order valence-corrected chi connectivity index (χ1v) is 7.21. The van der Waals surface area contributed by atoms with Gasteiger partial charge in [-0.3, -0.25) is 9.59 Å². The van der Waals surface area contributed by atoms with E-state index in [2.05, 4.69) is 10.6 Å². The van der Waals surface area contributed by atoms with E-state index < -0.39 is 17.9 Å². The van der Waals surface area contributed by atoms with Crippen molar-refractivity contribution in [3.63, 3.8) is 0 Å². The van der Waals surface area contributed by atoms with Crippen LogP contribution in [0.15, 0.2) is 24.3 Å². The maximum absolute atomic E-state index is 11.9. The number of rotatable bonds is 7. The number of amides is 1. The smallest absolute Gasteiger partial charge is 0.321 e. The molecule has 7 nitrogen and oxygen atoms in total. The maximum Gasteiger partial charge on any atom is 0.321 e. The van der Waals surface area contributed by atoms with Gasteiger partial charge >= 0.3 is 5.97 Å². The van der Waals surface area contributed by atoms with Crippen LogP contribution in [0.5, 0.6) is 5.75 Å². The third-order valence-electron chi connectivity index (χ3n) is 3.45. The molecule has 22 heavy (non-hydrogen) atoms. The molecule has 120 valence electrons. The largest absolute Gasteiger partial charge is 0.508 e. The second kappa shape index (κ2) is 7.77. The number of carbonyl (C=O) groups is 2. The first-order valence-electron chi connectivity index (χ1n) is 7.21. The summed E-state index contributed by atoms with van der Waals surface area (Å²) >= 11 is 0. The lowest BCUT2D eigenvalue weighted by Crippen LogP contribution is -2.43. The molecule has 1 heterocycles. The molecule has 2 atom stereocenters. The summed E-state index contributed by atoms with van der Waals surface area (Å²) in [6.45, 7) is 1.12. The number of benzene rings is 1. The molecule has 0 radical (unpaired) electrons. The van der Waals surface area contributed by atoms with Gasteiger partial charge < -0.3 is 25.6 Å². The van der Waals surface area contributed by atoms with E-state index in [0.29, 0.717) is 18.8 Å². The van der Waals surface area contributed by atoms with Crippen LogP contribution in [0.1, 0.15) is 19.3 Å². The Balaban J connectivity index is 1.82. The first kappa shape index (κ1) is 16.3. The van der Waals surface area contributed by atoms with E-state index in [1.807, 2.05) is 0 Å². The lowest BCUT2D eigenvalue weighted by molar-refractivity contribution is -0.141. The zero-order valence-electron chi connectivity index (χ0n) is 12.1. The van der Waals surface area contributed by atoms with Gasteiger partial charge in [-0.2, -0.15) is 0 Å². The van der Waals surface area contributed by atoms with Crippen molar-refractivity contribution in [1.29, 1.82) is 0 Å². The lowest BCUT2D eigenvalue weighted by atomic mass is 10.1. The van der Waals surface area contributed by atoms with E-state index in [1.54, 1.807) is 12.1 Å². The number of hydrogen-bond donors (Lipinski definition) is 4. The number of carbonyl (C=O) groups excluding carboxylic acids is 1. The summed E-state index contributed by atoms with van der Waals surface area (Å²) in [7, 11) is 0. The Morgan fingerprint density at radius 2 is 2.05 bits per heavy atom. The summed E-state index contributed by atoms with van der Waals surface area (Å²) < 4.78 is 5.42. The standard InChI is InChI=1S/C15H20N2O5/c18-11-5-3-10(4-6-11)17-14(19)8-13(15(20)21)16-9-12-2-1-7-22-12/h3-6,12-13,16,18H,1-2,7-9H2,(H,17,19)(H,20,21)/t12-,13+/m1/s1. The highest BCUT2D eigenvalue weighted by atomic mass is 16.5. The van der Waals surface area contributed by atoms with Gasteiger partial charge in [-0.05, 0) is 37.1 Å². The molecule has 1 fully saturated rings. The topological polar surface area (TPSA) is 108 Å². The van der Waals surface area contributed by atoms with Gasteiger partial charge in [0.25, 0.3) is 0 Å². The monoisotopic (exact) mass is 308 g/mol. The third-order valence-corrected chi connectivity index (χ3v) is 3.45. The minimum absolute atomic E-state index is 0.0157. The molecule has 0 aliphatic carbocycles. The summed E-state index contributed by atoms with van der Waals surface area (Å²) in [4.78, 5) is 23.1. The Kier molecular flexibility index (Phi) is 5.74. The van der Waals surface area contributed by atoms with Gasteiger partial charge in [0, 0.05) is 18.8 Å². The molecule has 1 aliphatic heterocycles. The fourth-order valence-corrected chi connectivity index (χ4v) is 2.27. The van der Waals surface area contributed by atoms with Crippen molar-refractivity contribution >= 4 is 17.6 Å². The Morgan fingerprint density at radius 3 is 2.64 bits per heavy atom. The molecular weight excluding hydrogens is 288 g/mol. The van der Waals surface area contributed by atoms with Crippen molar-refractivity contribution in [3.8, 4) is 5.75 Å². The van der Waals surface area contributed by atoms with Crippen molar-refractivity contribution in [1.82, 2.24) is 5.32 Å². The van der Waals surface area contributed by atoms with E-state index in [9.17, 15) is 19.8 Å². The average molecular weight is 308 g/mol. The predicted molar refractivity (Wildman–Crippen MR) is 79.8 cm³/mol. The molecule has 0 saturated carbocycles. The van der Waals surface area contributed by atoms with Crippen LogP contribution in [0.3, 0.4) is 0 Å². The van der Waals surface area contributed by atoms with Crippen molar-refractivity contribution in [2.45, 2.75) is 31.4 Å². The average Bonchev–Trinajstić information content (AvgIpc) is 2.99. The van der Waals surface area contributed by atoms with Gasteiger partial charge in [0.15, 0.2) is 0 Å². The van der Waals surface area contributed by atoms with Crippen LogP contribution in [0.25, 0.3) is 0 Å². The van der Waals surface area contributed by atoms with Gasteiger partial charge in [0.05, 0.1) is 12.5 Å². The molecule has 1 amide bonds. The molecule has 1 aliphatic rings. The summed E-state index contributed by atoms with van der Waals surface area (Å²) in [5, 5.41) is 23.8. The number of aliphatic carboxylic acids is 1. The number of phenols is 1. The van der Waals surface area contributed by atoms with Crippen LogP contribution in [-0.4, -0.2) is 47.4 Å². The SMILES string of the molecule is O=C(C[C@H](NC[C@H]1CCCO1)C(=O)O)Nc1ccc(O)cc1. The second-order valence-corrected chi connectivity index (χ2v) is 5.23. The summed E-state index contributed by atoms with van der Waals surface area (Å²) in [5.74, 6) is -1.38. The zero-order chi connectivity index (χ0) is 15.9. The van der Waals surface area contributed by atoms with Crippen molar-refractivity contribution in [2.24, 2.45) is 0 Å². The van der Waals surface area contributed by atoms with Crippen molar-refractivity contribution in [3.05, 3.63) is 24.3 Å². The van der Waals surface area contributed by atoms with Crippen molar-refractivity contribution in [2.75, 3.05) is 18.5 Å². The quantitative estimate of drug-likeness (QED) is 0.558. The second-order valence-electron chi connectivity index (χ2n) is 5.23. The number of nitrogens with one attached hydrogen (secondary N) is 2. The number of aromatic hydroxyl groups is 1. The predicted octanol–water partition coefficient (Wildman–Crippen LogP) is 0.943. The minimum Gasteiger partial charge on any atom is -0.508 e. The molecular formula is C15H20N2O5. The molecule has 1 aromatic rings. The van der Waals surface area contributed by atoms with E-state index in [1.165, 1.54) is 12.1 Å². The Bertz CT molecular complexity index is 511. The molecule has 0 spiro atoms. The van der Waals surface area contributed by atoms with E-state index >= 15 is 0 Å². The molecule has 1 saturated heterocycles. The highest BCUT2D eigenvalue weighted by molar-refractivity contribution is 5.94. The molecule has 7 heteroatoms. The van der Waals surface area contributed by atoms with Gasteiger partial charge in [-0.25, -0.2) is 0 Å². The van der Waals surface area contributed by atoms with Crippen LogP contribution in [0, 0.1) is 0 Å². The molecule has 0 bridgehead atoms. The Hall–Kier alpha value is -2.12. The highest BCUT2D eigenvalue weighted by Crippen LogP contribution is 2.14. The fourth-order valence-electron chi connectivity index (χ4n) is 2.27. The van der Waals surface area contributed by atoms with Crippen LogP contribution in [-0.2, 0) is 14.3 Å². The van der Waals surface area contributed by atoms with E-state index in [0.717, 1.165) is 12.8 Å². The number of carboxylic acid groups (broad SMARTS) is 1. The molecule has 1 aromatic carbocycles. The number of ether oxygens (including phenoxy) is 1. The summed E-state index contributed by atoms with van der Waals surface area (Å²) in [6, 6.07) is 5.02. The van der Waals surface area contributed by atoms with Crippen LogP contribution in [0.2, 0.25) is 0 Å². The maximum atomic E-state index is 11.9. The molecule has 0 unspecified atom stereocenters. The summed E-state index contributed by atoms with van der Waals surface area (Å²) in [5.41, 5.74) is 0.506. The van der Waals surface area contributed by atoms with E-state index in [4.69, 9.17) is 4.74 Å². The highest BCUT2D eigenvalue weighted by Gasteiger charge is 2.23.